The second kappa shape index (κ2) is 6.58. The molecule has 4 rings (SSSR count). The Morgan fingerprint density at radius 3 is 2.74 bits per heavy atom. The summed E-state index contributed by atoms with van der Waals surface area (Å²) in [6.07, 6.45) is 3.16. The quantitative estimate of drug-likeness (QED) is 0.708. The highest BCUT2D eigenvalue weighted by molar-refractivity contribution is 6.12. The SMILES string of the molecule is CNC(=O)c1c(-c2ccccc2F)oc2cc3c(cc12)C(C)=CCCN3C. The highest BCUT2D eigenvalue weighted by Gasteiger charge is 2.25. The molecule has 2 heterocycles. The zero-order chi connectivity index (χ0) is 19.1. The Morgan fingerprint density at radius 2 is 2.00 bits per heavy atom. The first kappa shape index (κ1) is 17.3. The van der Waals surface area contributed by atoms with E-state index in [4.69, 9.17) is 4.42 Å². The van der Waals surface area contributed by atoms with Crippen molar-refractivity contribution in [3.05, 3.63) is 59.4 Å². The first-order chi connectivity index (χ1) is 13.0. The molecule has 27 heavy (non-hydrogen) atoms. The minimum Gasteiger partial charge on any atom is -0.455 e. The van der Waals surface area contributed by atoms with E-state index in [2.05, 4.69) is 23.2 Å². The highest BCUT2D eigenvalue weighted by Crippen LogP contribution is 2.40. The summed E-state index contributed by atoms with van der Waals surface area (Å²) >= 11 is 0. The maximum atomic E-state index is 14.4. The number of fused-ring (bicyclic) bond motifs is 2. The van der Waals surface area contributed by atoms with Gasteiger partial charge in [-0.05, 0) is 37.1 Å². The number of hydrogen-bond acceptors (Lipinski definition) is 3. The third kappa shape index (κ3) is 2.79. The van der Waals surface area contributed by atoms with Gasteiger partial charge in [-0.2, -0.15) is 0 Å². The molecule has 0 saturated heterocycles. The van der Waals surface area contributed by atoms with Crippen LogP contribution in [0.5, 0.6) is 0 Å². The summed E-state index contributed by atoms with van der Waals surface area (Å²) in [5.41, 5.74) is 4.49. The van der Waals surface area contributed by atoms with Crippen molar-refractivity contribution in [1.29, 1.82) is 0 Å². The summed E-state index contributed by atoms with van der Waals surface area (Å²) < 4.78 is 20.5. The molecule has 5 heteroatoms. The molecule has 0 fully saturated rings. The van der Waals surface area contributed by atoms with Crippen molar-refractivity contribution in [2.24, 2.45) is 0 Å². The summed E-state index contributed by atoms with van der Waals surface area (Å²) in [5, 5.41) is 3.34. The molecule has 1 amide bonds. The van der Waals surface area contributed by atoms with Gasteiger partial charge in [0.2, 0.25) is 0 Å². The summed E-state index contributed by atoms with van der Waals surface area (Å²) in [5.74, 6) is -0.459. The number of nitrogens with one attached hydrogen (secondary N) is 1. The molecule has 1 aliphatic rings. The molecular weight excluding hydrogens is 343 g/mol. The third-order valence-corrected chi connectivity index (χ3v) is 5.13. The smallest absolute Gasteiger partial charge is 0.255 e. The molecule has 1 aromatic heterocycles. The zero-order valence-corrected chi connectivity index (χ0v) is 15.6. The maximum Gasteiger partial charge on any atom is 0.255 e. The van der Waals surface area contributed by atoms with Crippen LogP contribution in [0.15, 0.2) is 46.9 Å². The number of amides is 1. The Morgan fingerprint density at radius 1 is 1.22 bits per heavy atom. The normalized spacial score (nSPS) is 13.9. The van der Waals surface area contributed by atoms with E-state index >= 15 is 0 Å². The lowest BCUT2D eigenvalue weighted by molar-refractivity contribution is 0.0964. The molecule has 0 saturated carbocycles. The second-order valence-electron chi connectivity index (χ2n) is 6.83. The first-order valence-electron chi connectivity index (χ1n) is 8.97. The van der Waals surface area contributed by atoms with Crippen molar-refractivity contribution >= 4 is 28.1 Å². The van der Waals surface area contributed by atoms with Crippen LogP contribution in [-0.2, 0) is 0 Å². The molecule has 0 aliphatic carbocycles. The standard InChI is InChI=1S/C22H21FN2O2/c1-13-7-6-10-25(3)18-12-19-16(11-15(13)18)20(22(26)24-2)21(27-19)14-8-4-5-9-17(14)23/h4-5,7-9,11-12H,6,10H2,1-3H3,(H,24,26). The fraction of sp³-hybridized carbons (Fsp3) is 0.227. The zero-order valence-electron chi connectivity index (χ0n) is 15.6. The number of hydrogen-bond donors (Lipinski definition) is 1. The molecule has 1 aliphatic heterocycles. The largest absolute Gasteiger partial charge is 0.455 e. The molecule has 3 aromatic rings. The average Bonchev–Trinajstić information content (AvgIpc) is 2.98. The van der Waals surface area contributed by atoms with Crippen LogP contribution < -0.4 is 10.2 Å². The van der Waals surface area contributed by atoms with Crippen molar-refractivity contribution in [2.45, 2.75) is 13.3 Å². The number of carbonyl (C=O) groups is 1. The van der Waals surface area contributed by atoms with E-state index in [-0.39, 0.29) is 17.2 Å². The molecule has 138 valence electrons. The Bertz CT molecular complexity index is 1080. The molecule has 1 N–H and O–H groups in total. The van der Waals surface area contributed by atoms with Gasteiger partial charge < -0.3 is 14.6 Å². The number of carbonyl (C=O) groups excluding carboxylic acids is 1. The molecule has 0 spiro atoms. The predicted molar refractivity (Wildman–Crippen MR) is 107 cm³/mol. The van der Waals surface area contributed by atoms with Gasteiger partial charge in [0, 0.05) is 43.3 Å². The third-order valence-electron chi connectivity index (χ3n) is 5.13. The minimum absolute atomic E-state index is 0.256. The summed E-state index contributed by atoms with van der Waals surface area (Å²) in [6, 6.07) is 10.3. The van der Waals surface area contributed by atoms with E-state index in [0.29, 0.717) is 16.5 Å². The lowest BCUT2D eigenvalue weighted by Gasteiger charge is -2.19. The van der Waals surface area contributed by atoms with Crippen molar-refractivity contribution < 1.29 is 13.6 Å². The molecule has 2 aromatic carbocycles. The van der Waals surface area contributed by atoms with Crippen molar-refractivity contribution in [3.63, 3.8) is 0 Å². The summed E-state index contributed by atoms with van der Waals surface area (Å²) in [7, 11) is 3.60. The predicted octanol–water partition coefficient (Wildman–Crippen LogP) is 4.84. The van der Waals surface area contributed by atoms with E-state index in [0.717, 1.165) is 29.8 Å². The number of allylic oxidation sites excluding steroid dienone is 1. The van der Waals surface area contributed by atoms with Gasteiger partial charge in [0.15, 0.2) is 5.76 Å². The summed E-state index contributed by atoms with van der Waals surface area (Å²) in [6.45, 7) is 2.97. The maximum absolute atomic E-state index is 14.4. The monoisotopic (exact) mass is 364 g/mol. The van der Waals surface area contributed by atoms with Gasteiger partial charge in [-0.25, -0.2) is 4.39 Å². The number of halogens is 1. The van der Waals surface area contributed by atoms with E-state index < -0.39 is 5.82 Å². The highest BCUT2D eigenvalue weighted by atomic mass is 19.1. The van der Waals surface area contributed by atoms with Crippen LogP contribution in [0, 0.1) is 5.82 Å². The van der Waals surface area contributed by atoms with Gasteiger partial charge >= 0.3 is 0 Å². The molecule has 0 atom stereocenters. The van der Waals surface area contributed by atoms with E-state index in [9.17, 15) is 9.18 Å². The number of furan rings is 1. The average molecular weight is 364 g/mol. The van der Waals surface area contributed by atoms with Crippen LogP contribution in [0.3, 0.4) is 0 Å². The number of benzene rings is 2. The number of nitrogens with zero attached hydrogens (tertiary/aromatic N) is 1. The Kier molecular flexibility index (Phi) is 4.22. The van der Waals surface area contributed by atoms with Gasteiger partial charge in [0.25, 0.3) is 5.91 Å². The Hall–Kier alpha value is -3.08. The minimum atomic E-state index is -0.420. The van der Waals surface area contributed by atoms with Gasteiger partial charge in [-0.1, -0.05) is 18.2 Å². The topological polar surface area (TPSA) is 45.5 Å². The van der Waals surface area contributed by atoms with Crippen LogP contribution in [-0.4, -0.2) is 26.5 Å². The van der Waals surface area contributed by atoms with Crippen molar-refractivity contribution in [1.82, 2.24) is 5.32 Å². The van der Waals surface area contributed by atoms with Gasteiger partial charge in [-0.3, -0.25) is 4.79 Å². The molecule has 0 radical (unpaired) electrons. The van der Waals surface area contributed by atoms with E-state index in [1.165, 1.54) is 6.07 Å². The Balaban J connectivity index is 2.06. The van der Waals surface area contributed by atoms with E-state index in [1.54, 1.807) is 25.2 Å². The Labute approximate surface area is 157 Å². The van der Waals surface area contributed by atoms with Crippen LogP contribution in [0.4, 0.5) is 10.1 Å². The molecular formula is C22H21FN2O2. The van der Waals surface area contributed by atoms with Crippen molar-refractivity contribution in [3.8, 4) is 11.3 Å². The van der Waals surface area contributed by atoms with Crippen molar-refractivity contribution in [2.75, 3.05) is 25.5 Å². The number of anilines is 1. The second-order valence-corrected chi connectivity index (χ2v) is 6.83. The molecule has 0 unspecified atom stereocenters. The molecule has 4 nitrogen and oxygen atoms in total. The van der Waals surface area contributed by atoms with Gasteiger partial charge in [0.05, 0.1) is 11.1 Å². The fourth-order valence-electron chi connectivity index (χ4n) is 3.65. The lowest BCUT2D eigenvalue weighted by atomic mass is 9.99. The first-order valence-corrected chi connectivity index (χ1v) is 8.97. The molecule has 0 bridgehead atoms. The fourth-order valence-corrected chi connectivity index (χ4v) is 3.65. The van der Waals surface area contributed by atoms with Crippen LogP contribution >= 0.6 is 0 Å². The lowest BCUT2D eigenvalue weighted by Crippen LogP contribution is -2.19. The van der Waals surface area contributed by atoms with Gasteiger partial charge in [-0.15, -0.1) is 0 Å². The van der Waals surface area contributed by atoms with E-state index in [1.807, 2.05) is 19.2 Å². The van der Waals surface area contributed by atoms with Crippen LogP contribution in [0.2, 0.25) is 0 Å². The van der Waals surface area contributed by atoms with Crippen LogP contribution in [0.1, 0.15) is 29.3 Å². The number of rotatable bonds is 2. The summed E-state index contributed by atoms with van der Waals surface area (Å²) in [4.78, 5) is 14.8. The van der Waals surface area contributed by atoms with Gasteiger partial charge in [0.1, 0.15) is 11.4 Å². The van der Waals surface area contributed by atoms with Crippen LogP contribution in [0.25, 0.3) is 27.9 Å².